The summed E-state index contributed by atoms with van der Waals surface area (Å²) in [6.07, 6.45) is -2.75. The lowest BCUT2D eigenvalue weighted by molar-refractivity contribution is -0.141. The van der Waals surface area contributed by atoms with Gasteiger partial charge in [0, 0.05) is 0 Å². The van der Waals surface area contributed by atoms with Gasteiger partial charge in [-0.25, -0.2) is 0 Å². The summed E-state index contributed by atoms with van der Waals surface area (Å²) in [5, 5.41) is 2.36. The molecule has 1 aliphatic carbocycles. The van der Waals surface area contributed by atoms with Crippen molar-refractivity contribution in [1.29, 1.82) is 0 Å². The van der Waals surface area contributed by atoms with E-state index in [1.165, 1.54) is 0 Å². The number of hydrogen-bond acceptors (Lipinski definition) is 2. The maximum atomic E-state index is 12.3. The second-order valence-electron chi connectivity index (χ2n) is 6.27. The van der Waals surface area contributed by atoms with Crippen molar-refractivity contribution >= 4 is 5.91 Å². The number of carbonyl (C=O) groups excluding carboxylic acids is 1. The van der Waals surface area contributed by atoms with Crippen molar-refractivity contribution in [2.75, 3.05) is 6.54 Å². The van der Waals surface area contributed by atoms with Crippen LogP contribution in [0.2, 0.25) is 0 Å². The smallest absolute Gasteiger partial charge is 0.368 e. The normalized spacial score (nSPS) is 32.2. The van der Waals surface area contributed by atoms with Crippen LogP contribution in [0.25, 0.3) is 0 Å². The Balaban J connectivity index is 2.90. The molecule has 6 heteroatoms. The highest BCUT2D eigenvalue weighted by Gasteiger charge is 2.48. The molecule has 0 spiro atoms. The molecule has 1 aliphatic rings. The first-order chi connectivity index (χ1) is 7.96. The van der Waals surface area contributed by atoms with E-state index in [0.717, 1.165) is 6.42 Å². The van der Waals surface area contributed by atoms with Crippen LogP contribution >= 0.6 is 0 Å². The quantitative estimate of drug-likeness (QED) is 0.823. The summed E-state index contributed by atoms with van der Waals surface area (Å²) in [6, 6.07) is 0. The van der Waals surface area contributed by atoms with Crippen molar-refractivity contribution in [3.05, 3.63) is 0 Å². The number of amides is 1. The molecule has 3 nitrogen and oxygen atoms in total. The minimum absolute atomic E-state index is 0.169. The van der Waals surface area contributed by atoms with Crippen LogP contribution < -0.4 is 11.1 Å². The largest absolute Gasteiger partial charge is 0.401 e. The van der Waals surface area contributed by atoms with Gasteiger partial charge in [-0.05, 0) is 30.6 Å². The predicted octanol–water partition coefficient (Wildman–Crippen LogP) is 2.21. The Morgan fingerprint density at radius 1 is 1.39 bits per heavy atom. The maximum absolute atomic E-state index is 12.3. The van der Waals surface area contributed by atoms with Crippen LogP contribution in [0.4, 0.5) is 13.2 Å². The van der Waals surface area contributed by atoms with Crippen LogP contribution in [0.3, 0.4) is 0 Å². The SMILES string of the molecule is CC1CC(C)(C)CC(NCC(F)(F)F)(C(N)=O)C1. The molecule has 0 aromatic rings. The third kappa shape index (κ3) is 3.86. The topological polar surface area (TPSA) is 55.1 Å². The van der Waals surface area contributed by atoms with Crippen LogP contribution in [-0.2, 0) is 4.79 Å². The van der Waals surface area contributed by atoms with Gasteiger partial charge in [-0.2, -0.15) is 13.2 Å². The minimum Gasteiger partial charge on any atom is -0.368 e. The highest BCUT2D eigenvalue weighted by molar-refractivity contribution is 5.85. The Labute approximate surface area is 105 Å². The second-order valence-corrected chi connectivity index (χ2v) is 6.27. The molecule has 0 heterocycles. The standard InChI is InChI=1S/C12H21F3N2O/c1-8-4-10(2,3)6-11(5-8,9(16)18)17-7-12(13,14)15/h8,17H,4-7H2,1-3H3,(H2,16,18). The summed E-state index contributed by atoms with van der Waals surface area (Å²) in [6.45, 7) is 4.66. The fourth-order valence-corrected chi connectivity index (χ4v) is 3.25. The zero-order valence-electron chi connectivity index (χ0n) is 11.0. The van der Waals surface area contributed by atoms with Crippen LogP contribution in [0, 0.1) is 11.3 Å². The van der Waals surface area contributed by atoms with Gasteiger partial charge in [-0.1, -0.05) is 20.8 Å². The van der Waals surface area contributed by atoms with E-state index < -0.39 is 24.2 Å². The highest BCUT2D eigenvalue weighted by Crippen LogP contribution is 2.44. The molecule has 0 radical (unpaired) electrons. The van der Waals surface area contributed by atoms with Crippen molar-refractivity contribution < 1.29 is 18.0 Å². The molecule has 0 bridgehead atoms. The van der Waals surface area contributed by atoms with Crippen LogP contribution in [0.1, 0.15) is 40.0 Å². The van der Waals surface area contributed by atoms with Crippen molar-refractivity contribution in [2.45, 2.75) is 51.7 Å². The molecule has 1 amide bonds. The van der Waals surface area contributed by atoms with E-state index in [-0.39, 0.29) is 11.3 Å². The highest BCUT2D eigenvalue weighted by atomic mass is 19.4. The van der Waals surface area contributed by atoms with Crippen molar-refractivity contribution in [3.8, 4) is 0 Å². The van der Waals surface area contributed by atoms with E-state index in [0.29, 0.717) is 12.8 Å². The van der Waals surface area contributed by atoms with Crippen molar-refractivity contribution in [3.63, 3.8) is 0 Å². The summed E-state index contributed by atoms with van der Waals surface area (Å²) < 4.78 is 37.0. The number of nitrogens with two attached hydrogens (primary N) is 1. The van der Waals surface area contributed by atoms with Gasteiger partial charge >= 0.3 is 6.18 Å². The first-order valence-corrected chi connectivity index (χ1v) is 6.07. The number of nitrogens with one attached hydrogen (secondary N) is 1. The Kier molecular flexibility index (Phi) is 4.00. The zero-order valence-corrected chi connectivity index (χ0v) is 11.0. The molecular formula is C12H21F3N2O. The predicted molar refractivity (Wildman–Crippen MR) is 62.8 cm³/mol. The average Bonchev–Trinajstić information content (AvgIpc) is 2.10. The average molecular weight is 266 g/mol. The van der Waals surface area contributed by atoms with E-state index in [1.807, 2.05) is 20.8 Å². The van der Waals surface area contributed by atoms with Crippen LogP contribution in [-0.4, -0.2) is 24.2 Å². The molecule has 18 heavy (non-hydrogen) atoms. The lowest BCUT2D eigenvalue weighted by Crippen LogP contribution is -2.62. The maximum Gasteiger partial charge on any atom is 0.401 e. The van der Waals surface area contributed by atoms with Gasteiger partial charge in [0.2, 0.25) is 5.91 Å². The van der Waals surface area contributed by atoms with Crippen molar-refractivity contribution in [2.24, 2.45) is 17.1 Å². The van der Waals surface area contributed by atoms with E-state index >= 15 is 0 Å². The molecule has 1 fully saturated rings. The van der Waals surface area contributed by atoms with Gasteiger partial charge in [-0.3, -0.25) is 10.1 Å². The molecule has 0 aromatic carbocycles. The Morgan fingerprint density at radius 3 is 2.33 bits per heavy atom. The summed E-state index contributed by atoms with van der Waals surface area (Å²) in [5.74, 6) is -0.520. The Hall–Kier alpha value is -0.780. The number of hydrogen-bond donors (Lipinski definition) is 2. The number of carbonyl (C=O) groups is 1. The Bertz CT molecular complexity index is 328. The van der Waals surface area contributed by atoms with Crippen LogP contribution in [0.15, 0.2) is 0 Å². The van der Waals surface area contributed by atoms with E-state index in [4.69, 9.17) is 5.73 Å². The zero-order chi connectivity index (χ0) is 14.2. The number of rotatable bonds is 3. The molecular weight excluding hydrogens is 245 g/mol. The fourth-order valence-electron chi connectivity index (χ4n) is 3.25. The van der Waals surface area contributed by atoms with E-state index in [9.17, 15) is 18.0 Å². The molecule has 0 saturated heterocycles. The molecule has 3 N–H and O–H groups in total. The summed E-state index contributed by atoms with van der Waals surface area (Å²) in [5.41, 5.74) is 3.92. The molecule has 106 valence electrons. The lowest BCUT2D eigenvalue weighted by Gasteiger charge is -2.46. The molecule has 1 rings (SSSR count). The van der Waals surface area contributed by atoms with E-state index in [2.05, 4.69) is 5.32 Å². The summed E-state index contributed by atoms with van der Waals surface area (Å²) in [4.78, 5) is 11.6. The monoisotopic (exact) mass is 266 g/mol. The van der Waals surface area contributed by atoms with Gasteiger partial charge in [0.1, 0.15) is 0 Å². The molecule has 2 unspecified atom stereocenters. The fraction of sp³-hybridized carbons (Fsp3) is 0.917. The first-order valence-electron chi connectivity index (χ1n) is 6.07. The number of primary amides is 1. The molecule has 1 saturated carbocycles. The molecule has 0 aliphatic heterocycles. The van der Waals surface area contributed by atoms with Gasteiger partial charge in [0.05, 0.1) is 12.1 Å². The summed E-state index contributed by atoms with van der Waals surface area (Å²) >= 11 is 0. The summed E-state index contributed by atoms with van der Waals surface area (Å²) in [7, 11) is 0. The third-order valence-corrected chi connectivity index (χ3v) is 3.48. The second kappa shape index (κ2) is 4.72. The van der Waals surface area contributed by atoms with Crippen molar-refractivity contribution in [1.82, 2.24) is 5.32 Å². The van der Waals surface area contributed by atoms with Gasteiger partial charge in [0.25, 0.3) is 0 Å². The third-order valence-electron chi connectivity index (χ3n) is 3.48. The van der Waals surface area contributed by atoms with Gasteiger partial charge in [-0.15, -0.1) is 0 Å². The van der Waals surface area contributed by atoms with Gasteiger partial charge < -0.3 is 5.73 Å². The molecule has 0 aromatic heterocycles. The minimum atomic E-state index is -4.34. The number of alkyl halides is 3. The molecule has 2 atom stereocenters. The van der Waals surface area contributed by atoms with Crippen LogP contribution in [0.5, 0.6) is 0 Å². The van der Waals surface area contributed by atoms with Gasteiger partial charge in [0.15, 0.2) is 0 Å². The number of halogens is 3. The Morgan fingerprint density at radius 2 is 1.94 bits per heavy atom. The first kappa shape index (κ1) is 15.3. The lowest BCUT2D eigenvalue weighted by atomic mass is 9.64. The van der Waals surface area contributed by atoms with E-state index in [1.54, 1.807) is 0 Å².